The van der Waals surface area contributed by atoms with Crippen LogP contribution in [-0.4, -0.2) is 4.57 Å². The molecule has 46 heavy (non-hydrogen) atoms. The third-order valence-electron chi connectivity index (χ3n) is 10.3. The highest BCUT2D eigenvalue weighted by Crippen LogP contribution is 2.59. The second-order valence-electron chi connectivity index (χ2n) is 12.6. The number of fused-ring (bicyclic) bond motifs is 9. The van der Waals surface area contributed by atoms with Gasteiger partial charge >= 0.3 is 0 Å². The lowest BCUT2D eigenvalue weighted by molar-refractivity contribution is 0.740. The first-order valence-electron chi connectivity index (χ1n) is 16.2. The number of nitrogens with zero attached hydrogens (tertiary/aromatic N) is 1. The molecule has 0 bridgehead atoms. The summed E-state index contributed by atoms with van der Waals surface area (Å²) in [7, 11) is 0. The van der Waals surface area contributed by atoms with Crippen molar-refractivity contribution >= 4 is 21.8 Å². The van der Waals surface area contributed by atoms with Gasteiger partial charge in [0, 0.05) is 34.2 Å². The quantitative estimate of drug-likeness (QED) is 0.194. The summed E-state index contributed by atoms with van der Waals surface area (Å²) in [6, 6.07) is 63.0. The van der Waals surface area contributed by atoms with Gasteiger partial charge < -0.3 is 4.57 Å². The molecule has 1 heteroatoms. The summed E-state index contributed by atoms with van der Waals surface area (Å²) in [5, 5.41) is 2.57. The van der Waals surface area contributed by atoms with E-state index in [1.54, 1.807) is 0 Å². The van der Waals surface area contributed by atoms with E-state index in [0.717, 1.165) is 0 Å². The topological polar surface area (TPSA) is 4.93 Å². The van der Waals surface area contributed by atoms with Crippen LogP contribution >= 0.6 is 0 Å². The second-order valence-corrected chi connectivity index (χ2v) is 12.6. The Kier molecular flexibility index (Phi) is 5.53. The average molecular weight is 585 g/mol. The van der Waals surface area contributed by atoms with Crippen LogP contribution in [0.2, 0.25) is 0 Å². The molecule has 0 amide bonds. The predicted molar refractivity (Wildman–Crippen MR) is 191 cm³/mol. The Morgan fingerprint density at radius 1 is 0.348 bits per heavy atom. The maximum absolute atomic E-state index is 2.41. The molecule has 2 aliphatic carbocycles. The lowest BCUT2D eigenvalue weighted by atomic mass is 9.69. The van der Waals surface area contributed by atoms with E-state index < -0.39 is 0 Å². The third kappa shape index (κ3) is 3.57. The van der Waals surface area contributed by atoms with Gasteiger partial charge in [0.1, 0.15) is 0 Å². The smallest absolute Gasteiger partial charge is 0.0541 e. The highest BCUT2D eigenvalue weighted by molar-refractivity contribution is 6.09. The van der Waals surface area contributed by atoms with Gasteiger partial charge in [0.05, 0.1) is 11.0 Å². The highest BCUT2D eigenvalue weighted by Gasteiger charge is 2.44. The zero-order chi connectivity index (χ0) is 30.2. The molecule has 0 spiro atoms. The van der Waals surface area contributed by atoms with Crippen LogP contribution in [0.1, 0.15) is 39.7 Å². The zero-order valence-corrected chi connectivity index (χ0v) is 25.3. The number of aromatic nitrogens is 1. The van der Waals surface area contributed by atoms with Gasteiger partial charge in [-0.15, -0.1) is 0 Å². The average Bonchev–Trinajstić information content (AvgIpc) is 3.76. The minimum absolute atomic E-state index is 0.149. The molecule has 215 valence electrons. The Morgan fingerprint density at radius 3 is 1.11 bits per heavy atom. The summed E-state index contributed by atoms with van der Waals surface area (Å²) < 4.78 is 2.41. The minimum Gasteiger partial charge on any atom is -0.309 e. The number of hydrogen-bond donors (Lipinski definition) is 0. The SMILES string of the molecule is c1ccc2c(c1)-c1ccccc1C2[C](c1ccc(-n2c3ccccc3c3ccccc32)cc1)C1c2ccccc2-c2ccccc21. The Labute approximate surface area is 269 Å². The van der Waals surface area contributed by atoms with E-state index in [2.05, 4.69) is 174 Å². The van der Waals surface area contributed by atoms with E-state index in [0.29, 0.717) is 0 Å². The van der Waals surface area contributed by atoms with Crippen LogP contribution in [0.4, 0.5) is 0 Å². The lowest BCUT2D eigenvalue weighted by Gasteiger charge is -2.32. The van der Waals surface area contributed by atoms with Gasteiger partial charge in [-0.3, -0.25) is 0 Å². The molecule has 8 aromatic rings. The first kappa shape index (κ1) is 25.6. The Balaban J connectivity index is 1.21. The fourth-order valence-corrected chi connectivity index (χ4v) is 8.48. The Morgan fingerprint density at radius 2 is 0.696 bits per heavy atom. The largest absolute Gasteiger partial charge is 0.309 e. The van der Waals surface area contributed by atoms with E-state index in [1.807, 2.05) is 0 Å². The standard InChI is InChI=1S/C45H30N/c1-5-19-37-31(13-1)32-14-2-6-20-38(32)44(37)43(45-39-21-7-3-15-33(39)34-16-4-8-22-40(34)45)29-25-27-30(28-26-29)46-41-23-11-9-17-35(41)36-18-10-12-24-42(36)46/h1-28,44-45H. The first-order chi connectivity index (χ1) is 22.9. The van der Waals surface area contributed by atoms with Gasteiger partial charge in [-0.2, -0.15) is 0 Å². The van der Waals surface area contributed by atoms with E-state index >= 15 is 0 Å². The number of hydrogen-bond acceptors (Lipinski definition) is 0. The van der Waals surface area contributed by atoms with Crippen LogP contribution < -0.4 is 0 Å². The van der Waals surface area contributed by atoms with Crippen LogP contribution in [0.3, 0.4) is 0 Å². The highest BCUT2D eigenvalue weighted by atomic mass is 15.0. The van der Waals surface area contributed by atoms with Crippen LogP contribution in [0.25, 0.3) is 49.7 Å². The van der Waals surface area contributed by atoms with Gasteiger partial charge in [0.25, 0.3) is 0 Å². The molecule has 1 nitrogen and oxygen atoms in total. The number of rotatable bonds is 4. The van der Waals surface area contributed by atoms with Gasteiger partial charge in [-0.1, -0.05) is 146 Å². The molecule has 0 aliphatic heterocycles. The van der Waals surface area contributed by atoms with Crippen LogP contribution in [-0.2, 0) is 0 Å². The van der Waals surface area contributed by atoms with Gasteiger partial charge in [-0.25, -0.2) is 0 Å². The fraction of sp³-hybridized carbons (Fsp3) is 0.0444. The maximum atomic E-state index is 2.41. The summed E-state index contributed by atoms with van der Waals surface area (Å²) in [5.41, 5.74) is 15.9. The van der Waals surface area contributed by atoms with E-state index in [4.69, 9.17) is 0 Å². The second kappa shape index (κ2) is 9.92. The van der Waals surface area contributed by atoms with Crippen molar-refractivity contribution in [1.82, 2.24) is 4.57 Å². The van der Waals surface area contributed by atoms with Crippen molar-refractivity contribution in [3.05, 3.63) is 204 Å². The molecular formula is C45H30N. The zero-order valence-electron chi connectivity index (χ0n) is 25.3. The predicted octanol–water partition coefficient (Wildman–Crippen LogP) is 11.3. The molecule has 0 unspecified atom stereocenters. The van der Waals surface area contributed by atoms with Crippen molar-refractivity contribution in [2.24, 2.45) is 0 Å². The molecule has 10 rings (SSSR count). The monoisotopic (exact) mass is 584 g/mol. The molecule has 1 radical (unpaired) electrons. The summed E-state index contributed by atoms with van der Waals surface area (Å²) >= 11 is 0. The fourth-order valence-electron chi connectivity index (χ4n) is 8.48. The summed E-state index contributed by atoms with van der Waals surface area (Å²) in [6.45, 7) is 0. The molecule has 7 aromatic carbocycles. The van der Waals surface area contributed by atoms with Crippen molar-refractivity contribution in [2.75, 3.05) is 0 Å². The van der Waals surface area contributed by atoms with Crippen molar-refractivity contribution < 1.29 is 0 Å². The van der Waals surface area contributed by atoms with Crippen LogP contribution in [0, 0.1) is 5.92 Å². The number of para-hydroxylation sites is 2. The summed E-state index contributed by atoms with van der Waals surface area (Å²) in [6.07, 6.45) is 0. The lowest BCUT2D eigenvalue weighted by Crippen LogP contribution is -2.20. The van der Waals surface area contributed by atoms with Gasteiger partial charge in [0.15, 0.2) is 0 Å². The van der Waals surface area contributed by atoms with Gasteiger partial charge in [-0.05, 0) is 74.3 Å². The minimum atomic E-state index is 0.149. The Hall–Kier alpha value is -5.66. The van der Waals surface area contributed by atoms with Crippen molar-refractivity contribution in [3.63, 3.8) is 0 Å². The summed E-state index contributed by atoms with van der Waals surface area (Å²) in [5.74, 6) is 1.75. The van der Waals surface area contributed by atoms with E-state index in [-0.39, 0.29) is 11.8 Å². The molecule has 2 aliphatic rings. The molecule has 0 saturated carbocycles. The molecule has 0 atom stereocenters. The normalized spacial score (nSPS) is 13.7. The van der Waals surface area contributed by atoms with Crippen LogP contribution in [0.5, 0.6) is 0 Å². The summed E-state index contributed by atoms with van der Waals surface area (Å²) in [4.78, 5) is 0. The van der Waals surface area contributed by atoms with E-state index in [9.17, 15) is 0 Å². The van der Waals surface area contributed by atoms with Crippen molar-refractivity contribution in [1.29, 1.82) is 0 Å². The van der Waals surface area contributed by atoms with E-state index in [1.165, 1.54) is 83.5 Å². The Bertz CT molecular complexity index is 2200. The maximum Gasteiger partial charge on any atom is 0.0541 e. The molecular weight excluding hydrogens is 555 g/mol. The number of benzene rings is 7. The first-order valence-corrected chi connectivity index (χ1v) is 16.2. The molecule has 0 saturated heterocycles. The molecule has 0 N–H and O–H groups in total. The van der Waals surface area contributed by atoms with Crippen molar-refractivity contribution in [2.45, 2.75) is 11.8 Å². The van der Waals surface area contributed by atoms with Crippen molar-refractivity contribution in [3.8, 4) is 27.9 Å². The third-order valence-corrected chi connectivity index (χ3v) is 10.3. The molecule has 1 heterocycles. The van der Waals surface area contributed by atoms with Gasteiger partial charge in [0.2, 0.25) is 0 Å². The van der Waals surface area contributed by atoms with Crippen LogP contribution in [0.15, 0.2) is 170 Å². The molecule has 1 aromatic heterocycles. The molecule has 0 fully saturated rings.